The molecule has 6 heteroatoms. The first kappa shape index (κ1) is 17.2. The number of rotatable bonds is 8. The van der Waals surface area contributed by atoms with Crippen LogP contribution in [0.25, 0.3) is 0 Å². The van der Waals surface area contributed by atoms with E-state index >= 15 is 0 Å². The molecule has 0 aliphatic carbocycles. The molecule has 0 radical (unpaired) electrons. The number of nitrogens with one attached hydrogen (secondary N) is 1. The third-order valence-electron chi connectivity index (χ3n) is 3.73. The van der Waals surface area contributed by atoms with Crippen molar-refractivity contribution in [3.63, 3.8) is 0 Å². The highest BCUT2D eigenvalue weighted by Crippen LogP contribution is 2.20. The van der Waals surface area contributed by atoms with Gasteiger partial charge in [0.15, 0.2) is 0 Å². The Morgan fingerprint density at radius 1 is 1.38 bits per heavy atom. The molecule has 0 aliphatic heterocycles. The van der Waals surface area contributed by atoms with Crippen LogP contribution in [0.15, 0.2) is 6.20 Å². The van der Waals surface area contributed by atoms with Crippen LogP contribution in [0.4, 0.5) is 0 Å². The zero-order valence-electron chi connectivity index (χ0n) is 13.2. The van der Waals surface area contributed by atoms with E-state index in [9.17, 15) is 9.59 Å². The number of carboxylic acid groups (broad SMARTS) is 1. The van der Waals surface area contributed by atoms with E-state index in [0.717, 1.165) is 6.42 Å². The lowest BCUT2D eigenvalue weighted by molar-refractivity contribution is -0.137. The second-order valence-electron chi connectivity index (χ2n) is 5.78. The van der Waals surface area contributed by atoms with Gasteiger partial charge in [0.25, 0.3) is 5.91 Å². The van der Waals surface area contributed by atoms with Crippen LogP contribution >= 0.6 is 0 Å². The third kappa shape index (κ3) is 5.57. The number of hydrogen-bond donors (Lipinski definition) is 2. The van der Waals surface area contributed by atoms with E-state index in [1.54, 1.807) is 24.9 Å². The van der Waals surface area contributed by atoms with Crippen molar-refractivity contribution >= 4 is 11.9 Å². The van der Waals surface area contributed by atoms with Gasteiger partial charge in [0.2, 0.25) is 0 Å². The summed E-state index contributed by atoms with van der Waals surface area (Å²) in [6, 6.07) is 0. The van der Waals surface area contributed by atoms with Crippen molar-refractivity contribution in [2.24, 2.45) is 18.9 Å². The first-order valence-corrected chi connectivity index (χ1v) is 7.31. The van der Waals surface area contributed by atoms with E-state index in [-0.39, 0.29) is 12.3 Å². The van der Waals surface area contributed by atoms with Crippen LogP contribution in [0.2, 0.25) is 0 Å². The summed E-state index contributed by atoms with van der Waals surface area (Å²) in [6.45, 7) is 6.52. The van der Waals surface area contributed by atoms with Gasteiger partial charge in [-0.15, -0.1) is 0 Å². The molecule has 0 aliphatic rings. The Bertz CT molecular complexity index is 494. The molecule has 0 bridgehead atoms. The van der Waals surface area contributed by atoms with Gasteiger partial charge in [-0.25, -0.2) is 0 Å². The third-order valence-corrected chi connectivity index (χ3v) is 3.73. The monoisotopic (exact) mass is 295 g/mol. The first-order valence-electron chi connectivity index (χ1n) is 7.31. The second-order valence-corrected chi connectivity index (χ2v) is 5.78. The Balaban J connectivity index is 2.44. The summed E-state index contributed by atoms with van der Waals surface area (Å²) in [6.07, 6.45) is 3.32. The predicted octanol–water partition coefficient (Wildman–Crippen LogP) is 1.99. The van der Waals surface area contributed by atoms with Crippen LogP contribution in [-0.2, 0) is 11.8 Å². The number of amides is 1. The normalized spacial score (nSPS) is 12.4. The molecular formula is C15H25N3O3. The Morgan fingerprint density at radius 3 is 2.52 bits per heavy atom. The van der Waals surface area contributed by atoms with Crippen molar-refractivity contribution in [1.82, 2.24) is 15.1 Å². The summed E-state index contributed by atoms with van der Waals surface area (Å²) in [7, 11) is 1.78. The van der Waals surface area contributed by atoms with Crippen LogP contribution in [0.5, 0.6) is 0 Å². The van der Waals surface area contributed by atoms with E-state index in [2.05, 4.69) is 24.3 Å². The molecule has 0 spiro atoms. The largest absolute Gasteiger partial charge is 0.481 e. The van der Waals surface area contributed by atoms with Crippen molar-refractivity contribution in [2.75, 3.05) is 6.54 Å². The maximum Gasteiger partial charge on any atom is 0.303 e. The highest BCUT2D eigenvalue weighted by molar-refractivity contribution is 5.94. The van der Waals surface area contributed by atoms with Gasteiger partial charge in [-0.05, 0) is 31.6 Å². The van der Waals surface area contributed by atoms with Gasteiger partial charge >= 0.3 is 5.97 Å². The summed E-state index contributed by atoms with van der Waals surface area (Å²) in [4.78, 5) is 22.7. The van der Waals surface area contributed by atoms with Crippen molar-refractivity contribution in [1.29, 1.82) is 0 Å². The molecule has 2 N–H and O–H groups in total. The molecule has 0 aromatic carbocycles. The molecule has 0 fully saturated rings. The second kappa shape index (κ2) is 7.81. The molecular weight excluding hydrogens is 270 g/mol. The van der Waals surface area contributed by atoms with Crippen LogP contribution in [-0.4, -0.2) is 33.3 Å². The fourth-order valence-electron chi connectivity index (χ4n) is 2.41. The van der Waals surface area contributed by atoms with Crippen molar-refractivity contribution in [3.05, 3.63) is 17.5 Å². The number of hydrogen-bond acceptors (Lipinski definition) is 3. The average Bonchev–Trinajstić information content (AvgIpc) is 2.71. The van der Waals surface area contributed by atoms with Crippen LogP contribution in [0.3, 0.4) is 0 Å². The van der Waals surface area contributed by atoms with Gasteiger partial charge in [-0.2, -0.15) is 5.10 Å². The Labute approximate surface area is 125 Å². The lowest BCUT2D eigenvalue weighted by Crippen LogP contribution is -2.27. The van der Waals surface area contributed by atoms with Gasteiger partial charge in [0, 0.05) is 26.2 Å². The fraction of sp³-hybridized carbons (Fsp3) is 0.667. The Hall–Kier alpha value is -1.85. The molecule has 0 saturated carbocycles. The molecule has 6 nitrogen and oxygen atoms in total. The van der Waals surface area contributed by atoms with Gasteiger partial charge in [-0.1, -0.05) is 13.8 Å². The molecule has 1 unspecified atom stereocenters. The zero-order chi connectivity index (χ0) is 16.0. The lowest BCUT2D eigenvalue weighted by atomic mass is 9.88. The number of carboxylic acids is 1. The quantitative estimate of drug-likeness (QED) is 0.768. The van der Waals surface area contributed by atoms with E-state index < -0.39 is 5.97 Å². The maximum atomic E-state index is 12.0. The number of carbonyl (C=O) groups is 2. The maximum absolute atomic E-state index is 12.0. The molecule has 1 aromatic rings. The number of carbonyl (C=O) groups excluding carboxylic acids is 1. The number of aliphatic carboxylic acids is 1. The van der Waals surface area contributed by atoms with Gasteiger partial charge in [0.1, 0.15) is 0 Å². The minimum atomic E-state index is -0.768. The number of aryl methyl sites for hydroxylation is 2. The SMILES string of the molecule is Cc1nn(C)cc1C(=O)NCCC(CCC(=O)O)C(C)C. The van der Waals surface area contributed by atoms with Crippen molar-refractivity contribution in [2.45, 2.75) is 40.0 Å². The van der Waals surface area contributed by atoms with E-state index in [1.807, 2.05) is 0 Å². The number of aromatic nitrogens is 2. The van der Waals surface area contributed by atoms with Crippen molar-refractivity contribution < 1.29 is 14.7 Å². The molecule has 1 rings (SSSR count). The minimum absolute atomic E-state index is 0.124. The van der Waals surface area contributed by atoms with E-state index in [1.165, 1.54) is 0 Å². The summed E-state index contributed by atoms with van der Waals surface area (Å²) in [5, 5.41) is 15.8. The topological polar surface area (TPSA) is 84.2 Å². The molecule has 1 aromatic heterocycles. The minimum Gasteiger partial charge on any atom is -0.481 e. The summed E-state index contributed by atoms with van der Waals surface area (Å²) >= 11 is 0. The summed E-state index contributed by atoms with van der Waals surface area (Å²) < 4.78 is 1.62. The molecule has 21 heavy (non-hydrogen) atoms. The van der Waals surface area contributed by atoms with Crippen LogP contribution in [0, 0.1) is 18.8 Å². The fourth-order valence-corrected chi connectivity index (χ4v) is 2.41. The van der Waals surface area contributed by atoms with Crippen LogP contribution < -0.4 is 5.32 Å². The highest BCUT2D eigenvalue weighted by atomic mass is 16.4. The lowest BCUT2D eigenvalue weighted by Gasteiger charge is -2.20. The van der Waals surface area contributed by atoms with Gasteiger partial charge < -0.3 is 10.4 Å². The average molecular weight is 295 g/mol. The van der Waals surface area contributed by atoms with E-state index in [0.29, 0.717) is 36.1 Å². The molecule has 118 valence electrons. The summed E-state index contributed by atoms with van der Waals surface area (Å²) in [5.41, 5.74) is 1.30. The van der Waals surface area contributed by atoms with Crippen LogP contribution in [0.1, 0.15) is 49.2 Å². The number of nitrogens with zero attached hydrogens (tertiary/aromatic N) is 2. The van der Waals surface area contributed by atoms with E-state index in [4.69, 9.17) is 5.11 Å². The molecule has 1 heterocycles. The highest BCUT2D eigenvalue weighted by Gasteiger charge is 2.16. The van der Waals surface area contributed by atoms with Gasteiger partial charge in [-0.3, -0.25) is 14.3 Å². The van der Waals surface area contributed by atoms with Gasteiger partial charge in [0.05, 0.1) is 11.3 Å². The smallest absolute Gasteiger partial charge is 0.303 e. The molecule has 1 atom stereocenters. The predicted molar refractivity (Wildman–Crippen MR) is 80.1 cm³/mol. The Kier molecular flexibility index (Phi) is 6.39. The van der Waals surface area contributed by atoms with Crippen molar-refractivity contribution in [3.8, 4) is 0 Å². The Morgan fingerprint density at radius 2 is 2.05 bits per heavy atom. The first-order chi connectivity index (χ1) is 9.81. The zero-order valence-corrected chi connectivity index (χ0v) is 13.2. The molecule has 0 saturated heterocycles. The standard InChI is InChI=1S/C15H25N3O3/c1-10(2)12(5-6-14(19)20)7-8-16-15(21)13-9-18(4)17-11(13)3/h9-10,12H,5-8H2,1-4H3,(H,16,21)(H,19,20). The molecule has 1 amide bonds. The summed E-state index contributed by atoms with van der Waals surface area (Å²) in [5.74, 6) is -0.185.